The molecule has 1 amide bonds. The predicted octanol–water partition coefficient (Wildman–Crippen LogP) is 1.04. The molecular weight excluding hydrogens is 264 g/mol. The quantitative estimate of drug-likeness (QED) is 0.667. The van der Waals surface area contributed by atoms with Gasteiger partial charge in [-0.25, -0.2) is 0 Å². The van der Waals surface area contributed by atoms with Crippen LogP contribution in [0, 0.1) is 0 Å². The number of hydrogen-bond acceptors (Lipinski definition) is 4. The minimum atomic E-state index is 0.165. The molecule has 1 heterocycles. The van der Waals surface area contributed by atoms with Crippen LogP contribution in [0.1, 0.15) is 46.5 Å². The van der Waals surface area contributed by atoms with Gasteiger partial charge in [-0.1, -0.05) is 20.3 Å². The van der Waals surface area contributed by atoms with E-state index in [0.717, 1.165) is 58.4 Å². The largest absolute Gasteiger partial charge is 0.353 e. The summed E-state index contributed by atoms with van der Waals surface area (Å²) in [6, 6.07) is 0.897. The van der Waals surface area contributed by atoms with E-state index in [0.29, 0.717) is 12.6 Å². The Labute approximate surface area is 130 Å². The molecule has 0 aromatic rings. The van der Waals surface area contributed by atoms with Gasteiger partial charge in [-0.15, -0.1) is 0 Å². The Balaban J connectivity index is 2.28. The molecule has 0 aromatic carbocycles. The van der Waals surface area contributed by atoms with E-state index in [1.807, 2.05) is 0 Å². The second-order valence-electron chi connectivity index (χ2n) is 6.21. The van der Waals surface area contributed by atoms with E-state index in [4.69, 9.17) is 5.73 Å². The smallest absolute Gasteiger partial charge is 0.234 e. The third-order valence-corrected chi connectivity index (χ3v) is 4.39. The molecule has 5 nitrogen and oxygen atoms in total. The lowest BCUT2D eigenvalue weighted by atomic mass is 10.1. The van der Waals surface area contributed by atoms with Gasteiger partial charge in [0, 0.05) is 38.3 Å². The normalized spacial score (nSPS) is 20.2. The summed E-state index contributed by atoms with van der Waals surface area (Å²) in [5.41, 5.74) is 5.69. The fourth-order valence-electron chi connectivity index (χ4n) is 3.15. The maximum absolute atomic E-state index is 12.0. The number of rotatable bonds is 9. The van der Waals surface area contributed by atoms with Crippen LogP contribution in [0.4, 0.5) is 0 Å². The molecule has 124 valence electrons. The molecular formula is C16H34N4O. The third-order valence-electron chi connectivity index (χ3n) is 4.39. The van der Waals surface area contributed by atoms with Gasteiger partial charge in [-0.3, -0.25) is 14.6 Å². The third kappa shape index (κ3) is 6.76. The zero-order chi connectivity index (χ0) is 15.7. The van der Waals surface area contributed by atoms with Gasteiger partial charge in [0.15, 0.2) is 0 Å². The first kappa shape index (κ1) is 18.4. The van der Waals surface area contributed by atoms with Crippen LogP contribution in [0.2, 0.25) is 0 Å². The lowest BCUT2D eigenvalue weighted by Gasteiger charge is -2.38. The Morgan fingerprint density at radius 1 is 1.19 bits per heavy atom. The minimum absolute atomic E-state index is 0.165. The Kier molecular flexibility index (Phi) is 8.88. The van der Waals surface area contributed by atoms with Crippen molar-refractivity contribution in [3.8, 4) is 0 Å². The summed E-state index contributed by atoms with van der Waals surface area (Å²) in [6.07, 6.45) is 4.40. The van der Waals surface area contributed by atoms with E-state index in [-0.39, 0.29) is 11.9 Å². The summed E-state index contributed by atoms with van der Waals surface area (Å²) in [6.45, 7) is 11.8. The first-order valence-electron chi connectivity index (χ1n) is 8.56. The van der Waals surface area contributed by atoms with Gasteiger partial charge >= 0.3 is 0 Å². The first-order chi connectivity index (χ1) is 10.1. The van der Waals surface area contributed by atoms with Gasteiger partial charge in [-0.2, -0.15) is 0 Å². The van der Waals surface area contributed by atoms with E-state index >= 15 is 0 Å². The Morgan fingerprint density at radius 2 is 1.86 bits per heavy atom. The maximum Gasteiger partial charge on any atom is 0.234 e. The number of nitrogens with zero attached hydrogens (tertiary/aromatic N) is 2. The van der Waals surface area contributed by atoms with Crippen LogP contribution in [-0.4, -0.2) is 67.1 Å². The molecule has 3 N–H and O–H groups in total. The van der Waals surface area contributed by atoms with Crippen molar-refractivity contribution < 1.29 is 4.79 Å². The Bertz CT molecular complexity index is 290. The number of amides is 1. The molecule has 0 aliphatic carbocycles. The van der Waals surface area contributed by atoms with Crippen LogP contribution in [0.5, 0.6) is 0 Å². The average Bonchev–Trinajstić information content (AvgIpc) is 2.45. The lowest BCUT2D eigenvalue weighted by Crippen LogP contribution is -2.53. The number of hydrogen-bond donors (Lipinski definition) is 2. The molecule has 0 bridgehead atoms. The highest BCUT2D eigenvalue weighted by atomic mass is 16.2. The molecule has 1 rings (SSSR count). The van der Waals surface area contributed by atoms with Crippen LogP contribution >= 0.6 is 0 Å². The highest BCUT2D eigenvalue weighted by Gasteiger charge is 2.23. The van der Waals surface area contributed by atoms with E-state index in [1.165, 1.54) is 0 Å². The SMILES string of the molecule is CCCC(C)NC(=O)CN1CCN(C(CC)CCN)CC1. The molecule has 1 saturated heterocycles. The van der Waals surface area contributed by atoms with Gasteiger partial charge in [0.1, 0.15) is 0 Å². The van der Waals surface area contributed by atoms with Crippen molar-refractivity contribution in [1.82, 2.24) is 15.1 Å². The number of nitrogens with two attached hydrogens (primary N) is 1. The van der Waals surface area contributed by atoms with Crippen molar-refractivity contribution in [1.29, 1.82) is 0 Å². The van der Waals surface area contributed by atoms with Crippen LogP contribution in [0.25, 0.3) is 0 Å². The monoisotopic (exact) mass is 298 g/mol. The minimum Gasteiger partial charge on any atom is -0.353 e. The zero-order valence-corrected chi connectivity index (χ0v) is 14.1. The van der Waals surface area contributed by atoms with Gasteiger partial charge in [0.05, 0.1) is 6.54 Å². The first-order valence-corrected chi connectivity index (χ1v) is 8.56. The summed E-state index contributed by atoms with van der Waals surface area (Å²) in [5.74, 6) is 0.165. The summed E-state index contributed by atoms with van der Waals surface area (Å²) in [5, 5.41) is 3.08. The molecule has 0 radical (unpaired) electrons. The molecule has 1 aliphatic heterocycles. The van der Waals surface area contributed by atoms with Crippen LogP contribution in [0.15, 0.2) is 0 Å². The fraction of sp³-hybridized carbons (Fsp3) is 0.938. The molecule has 5 heteroatoms. The molecule has 1 fully saturated rings. The van der Waals surface area contributed by atoms with Crippen LogP contribution < -0.4 is 11.1 Å². The number of nitrogens with one attached hydrogen (secondary N) is 1. The number of carbonyl (C=O) groups excluding carboxylic acids is 1. The van der Waals surface area contributed by atoms with Gasteiger partial charge < -0.3 is 11.1 Å². The van der Waals surface area contributed by atoms with Gasteiger partial charge in [0.2, 0.25) is 5.91 Å². The predicted molar refractivity (Wildman–Crippen MR) is 88.3 cm³/mol. The maximum atomic E-state index is 12.0. The van der Waals surface area contributed by atoms with Crippen molar-refractivity contribution in [3.63, 3.8) is 0 Å². The van der Waals surface area contributed by atoms with Crippen molar-refractivity contribution in [3.05, 3.63) is 0 Å². The molecule has 0 aromatic heterocycles. The van der Waals surface area contributed by atoms with E-state index in [2.05, 4.69) is 35.9 Å². The zero-order valence-electron chi connectivity index (χ0n) is 14.1. The highest BCUT2D eigenvalue weighted by Crippen LogP contribution is 2.11. The molecule has 2 atom stereocenters. The van der Waals surface area contributed by atoms with Crippen molar-refractivity contribution in [2.75, 3.05) is 39.3 Å². The van der Waals surface area contributed by atoms with Crippen molar-refractivity contribution in [2.24, 2.45) is 5.73 Å². The summed E-state index contributed by atoms with van der Waals surface area (Å²) in [7, 11) is 0. The van der Waals surface area contributed by atoms with Crippen molar-refractivity contribution >= 4 is 5.91 Å². The Hall–Kier alpha value is -0.650. The van der Waals surface area contributed by atoms with Crippen LogP contribution in [0.3, 0.4) is 0 Å². The van der Waals surface area contributed by atoms with Crippen molar-refractivity contribution in [2.45, 2.75) is 58.5 Å². The average molecular weight is 298 g/mol. The molecule has 2 unspecified atom stereocenters. The topological polar surface area (TPSA) is 61.6 Å². The molecule has 0 saturated carbocycles. The van der Waals surface area contributed by atoms with Gasteiger partial charge in [0.25, 0.3) is 0 Å². The fourth-order valence-corrected chi connectivity index (χ4v) is 3.15. The standard InChI is InChI=1S/C16H34N4O/c1-4-6-14(3)18-16(21)13-19-9-11-20(12-10-19)15(5-2)7-8-17/h14-15H,4-13,17H2,1-3H3,(H,18,21). The summed E-state index contributed by atoms with van der Waals surface area (Å²) >= 11 is 0. The number of carbonyl (C=O) groups is 1. The van der Waals surface area contributed by atoms with Crippen LogP contribution in [-0.2, 0) is 4.79 Å². The highest BCUT2D eigenvalue weighted by molar-refractivity contribution is 5.78. The van der Waals surface area contributed by atoms with E-state index < -0.39 is 0 Å². The molecule has 1 aliphatic rings. The van der Waals surface area contributed by atoms with Gasteiger partial charge in [-0.05, 0) is 32.7 Å². The second kappa shape index (κ2) is 10.1. The molecule has 21 heavy (non-hydrogen) atoms. The second-order valence-corrected chi connectivity index (χ2v) is 6.21. The number of piperazine rings is 1. The molecule has 0 spiro atoms. The Morgan fingerprint density at radius 3 is 2.38 bits per heavy atom. The van der Waals surface area contributed by atoms with E-state index in [9.17, 15) is 4.79 Å². The lowest BCUT2D eigenvalue weighted by molar-refractivity contribution is -0.123. The van der Waals surface area contributed by atoms with E-state index in [1.54, 1.807) is 0 Å². The summed E-state index contributed by atoms with van der Waals surface area (Å²) in [4.78, 5) is 16.8. The summed E-state index contributed by atoms with van der Waals surface area (Å²) < 4.78 is 0.